The fourth-order valence-corrected chi connectivity index (χ4v) is 2.79. The molecule has 0 aromatic heterocycles. The fourth-order valence-electron chi connectivity index (χ4n) is 2.18. The Bertz CT molecular complexity index is 453. The van der Waals surface area contributed by atoms with Gasteiger partial charge in [0.15, 0.2) is 0 Å². The molecule has 0 radical (unpaired) electrons. The van der Waals surface area contributed by atoms with Crippen LogP contribution < -0.4 is 5.32 Å². The van der Waals surface area contributed by atoms with Crippen LogP contribution in [0.4, 0.5) is 11.4 Å². The van der Waals surface area contributed by atoms with Crippen molar-refractivity contribution in [2.45, 2.75) is 12.8 Å². The zero-order valence-electron chi connectivity index (χ0n) is 10.4. The Labute approximate surface area is 121 Å². The van der Waals surface area contributed by atoms with Gasteiger partial charge in [0.1, 0.15) is 0 Å². The van der Waals surface area contributed by atoms with Gasteiger partial charge in [-0.05, 0) is 25.9 Å². The minimum absolute atomic E-state index is 0.0971. The number of nitrogens with zero attached hydrogens (tertiary/aromatic N) is 2. The van der Waals surface area contributed by atoms with Crippen molar-refractivity contribution in [3.63, 3.8) is 0 Å². The van der Waals surface area contributed by atoms with E-state index >= 15 is 0 Å². The van der Waals surface area contributed by atoms with E-state index in [4.69, 9.17) is 23.2 Å². The number of hydrogen-bond acceptors (Lipinski definition) is 4. The number of hydrogen-bond donors (Lipinski definition) is 1. The molecule has 1 aliphatic rings. The smallest absolute Gasteiger partial charge is 0.272 e. The Hall–Kier alpha value is -1.04. The highest BCUT2D eigenvalue weighted by Crippen LogP contribution is 2.34. The molecule has 7 heteroatoms. The van der Waals surface area contributed by atoms with E-state index in [1.807, 2.05) is 0 Å². The molecule has 2 rings (SSSR count). The highest BCUT2D eigenvalue weighted by molar-refractivity contribution is 6.39. The first-order chi connectivity index (χ1) is 9.08. The van der Waals surface area contributed by atoms with Gasteiger partial charge < -0.3 is 10.2 Å². The van der Waals surface area contributed by atoms with Crippen molar-refractivity contribution in [1.82, 2.24) is 4.90 Å². The summed E-state index contributed by atoms with van der Waals surface area (Å²) in [5.41, 5.74) is 0.466. The third kappa shape index (κ3) is 3.72. The maximum absolute atomic E-state index is 10.7. The van der Waals surface area contributed by atoms with Crippen LogP contribution in [0.3, 0.4) is 0 Å². The monoisotopic (exact) mass is 303 g/mol. The van der Waals surface area contributed by atoms with E-state index in [0.29, 0.717) is 5.69 Å². The van der Waals surface area contributed by atoms with E-state index in [9.17, 15) is 10.1 Å². The van der Waals surface area contributed by atoms with Crippen molar-refractivity contribution in [1.29, 1.82) is 0 Å². The molecular weight excluding hydrogens is 289 g/mol. The molecule has 0 unspecified atom stereocenters. The number of likely N-dealkylation sites (tertiary alicyclic amines) is 1. The van der Waals surface area contributed by atoms with Crippen molar-refractivity contribution in [2.24, 2.45) is 0 Å². The summed E-state index contributed by atoms with van der Waals surface area (Å²) in [6, 6.07) is 2.62. The summed E-state index contributed by atoms with van der Waals surface area (Å²) in [6.45, 7) is 3.90. The molecule has 0 amide bonds. The number of halogens is 2. The zero-order valence-corrected chi connectivity index (χ0v) is 11.9. The number of benzene rings is 1. The second kappa shape index (κ2) is 6.41. The van der Waals surface area contributed by atoms with Crippen LogP contribution >= 0.6 is 23.2 Å². The standard InChI is InChI=1S/C12H15Cl2N3O2/c13-10-7-9(17(18)19)8-11(14)12(10)15-3-6-16-4-1-2-5-16/h7-8,15H,1-6H2. The average molecular weight is 304 g/mol. The van der Waals surface area contributed by atoms with E-state index in [1.54, 1.807) is 0 Å². The number of nitro groups is 1. The molecule has 1 aromatic carbocycles. The van der Waals surface area contributed by atoms with Gasteiger partial charge in [0.05, 0.1) is 20.7 Å². The highest BCUT2D eigenvalue weighted by atomic mass is 35.5. The molecule has 1 saturated heterocycles. The number of non-ortho nitro benzene ring substituents is 1. The molecule has 0 aliphatic carbocycles. The molecule has 0 spiro atoms. The maximum Gasteiger partial charge on any atom is 0.272 e. The summed E-state index contributed by atoms with van der Waals surface area (Å²) in [5, 5.41) is 14.4. The van der Waals surface area contributed by atoms with Gasteiger partial charge in [0.25, 0.3) is 5.69 Å². The Kier molecular flexibility index (Phi) is 4.85. The molecule has 1 aliphatic heterocycles. The summed E-state index contributed by atoms with van der Waals surface area (Å²) < 4.78 is 0. The predicted molar refractivity (Wildman–Crippen MR) is 77.3 cm³/mol. The van der Waals surface area contributed by atoms with Crippen LogP contribution in [0.5, 0.6) is 0 Å². The van der Waals surface area contributed by atoms with E-state index in [1.165, 1.54) is 25.0 Å². The molecule has 0 bridgehead atoms. The normalized spacial score (nSPS) is 15.7. The van der Waals surface area contributed by atoms with Crippen LogP contribution in [0.15, 0.2) is 12.1 Å². The highest BCUT2D eigenvalue weighted by Gasteiger charge is 2.15. The molecule has 1 N–H and O–H groups in total. The Morgan fingerprint density at radius 3 is 2.37 bits per heavy atom. The van der Waals surface area contributed by atoms with E-state index in [0.717, 1.165) is 26.2 Å². The minimum Gasteiger partial charge on any atom is -0.381 e. The molecule has 104 valence electrons. The largest absolute Gasteiger partial charge is 0.381 e. The van der Waals surface area contributed by atoms with Crippen LogP contribution in [-0.2, 0) is 0 Å². The van der Waals surface area contributed by atoms with Crippen molar-refractivity contribution in [3.8, 4) is 0 Å². The number of nitrogens with one attached hydrogen (secondary N) is 1. The summed E-state index contributed by atoms with van der Waals surface area (Å²) in [5.74, 6) is 0. The third-order valence-electron chi connectivity index (χ3n) is 3.17. The third-order valence-corrected chi connectivity index (χ3v) is 3.76. The van der Waals surface area contributed by atoms with Crippen molar-refractivity contribution in [2.75, 3.05) is 31.5 Å². The van der Waals surface area contributed by atoms with Crippen molar-refractivity contribution >= 4 is 34.6 Å². The molecule has 0 saturated carbocycles. The summed E-state index contributed by atoms with van der Waals surface area (Å²) >= 11 is 12.0. The summed E-state index contributed by atoms with van der Waals surface area (Å²) in [6.07, 6.45) is 2.50. The maximum atomic E-state index is 10.7. The lowest BCUT2D eigenvalue weighted by Crippen LogP contribution is -2.26. The van der Waals surface area contributed by atoms with Crippen LogP contribution in [-0.4, -0.2) is 36.0 Å². The fraction of sp³-hybridized carbons (Fsp3) is 0.500. The average Bonchev–Trinajstić information content (AvgIpc) is 2.85. The Morgan fingerprint density at radius 2 is 1.84 bits per heavy atom. The molecule has 5 nitrogen and oxygen atoms in total. The Balaban J connectivity index is 1.97. The van der Waals surface area contributed by atoms with E-state index < -0.39 is 4.92 Å². The second-order valence-electron chi connectivity index (χ2n) is 4.52. The topological polar surface area (TPSA) is 58.4 Å². The van der Waals surface area contributed by atoms with E-state index in [2.05, 4.69) is 10.2 Å². The van der Waals surface area contributed by atoms with Crippen LogP contribution in [0, 0.1) is 10.1 Å². The van der Waals surface area contributed by atoms with Gasteiger partial charge in [-0.3, -0.25) is 10.1 Å². The Morgan fingerprint density at radius 1 is 1.26 bits per heavy atom. The van der Waals surface area contributed by atoms with Gasteiger partial charge in [-0.1, -0.05) is 23.2 Å². The first-order valence-corrected chi connectivity index (χ1v) is 6.93. The van der Waals surface area contributed by atoms with Gasteiger partial charge in [-0.25, -0.2) is 0 Å². The molecule has 19 heavy (non-hydrogen) atoms. The van der Waals surface area contributed by atoms with E-state index in [-0.39, 0.29) is 15.7 Å². The lowest BCUT2D eigenvalue weighted by Gasteiger charge is -2.16. The zero-order chi connectivity index (χ0) is 13.8. The van der Waals surface area contributed by atoms with Gasteiger partial charge in [-0.15, -0.1) is 0 Å². The SMILES string of the molecule is O=[N+]([O-])c1cc(Cl)c(NCCN2CCCC2)c(Cl)c1. The first kappa shape index (κ1) is 14.4. The predicted octanol–water partition coefficient (Wildman–Crippen LogP) is 3.41. The van der Waals surface area contributed by atoms with Crippen molar-refractivity contribution in [3.05, 3.63) is 32.3 Å². The van der Waals surface area contributed by atoms with Gasteiger partial charge in [0, 0.05) is 25.2 Å². The number of rotatable bonds is 5. The molecular formula is C12H15Cl2N3O2. The molecule has 1 fully saturated rings. The van der Waals surface area contributed by atoms with Crippen LogP contribution in [0.1, 0.15) is 12.8 Å². The lowest BCUT2D eigenvalue weighted by molar-refractivity contribution is -0.384. The summed E-state index contributed by atoms with van der Waals surface area (Å²) in [7, 11) is 0. The molecule has 0 atom stereocenters. The quantitative estimate of drug-likeness (QED) is 0.669. The number of nitro benzene ring substituents is 1. The van der Waals surface area contributed by atoms with Gasteiger partial charge in [-0.2, -0.15) is 0 Å². The lowest BCUT2D eigenvalue weighted by atomic mass is 10.2. The second-order valence-corrected chi connectivity index (χ2v) is 5.33. The van der Waals surface area contributed by atoms with Crippen LogP contribution in [0.2, 0.25) is 10.0 Å². The minimum atomic E-state index is -0.508. The van der Waals surface area contributed by atoms with Crippen LogP contribution in [0.25, 0.3) is 0 Å². The van der Waals surface area contributed by atoms with Gasteiger partial charge in [0.2, 0.25) is 0 Å². The summed E-state index contributed by atoms with van der Waals surface area (Å²) in [4.78, 5) is 12.5. The van der Waals surface area contributed by atoms with Gasteiger partial charge >= 0.3 is 0 Å². The molecule has 1 heterocycles. The first-order valence-electron chi connectivity index (χ1n) is 6.17. The number of anilines is 1. The molecule has 1 aromatic rings. The van der Waals surface area contributed by atoms with Crippen molar-refractivity contribution < 1.29 is 4.92 Å².